The lowest BCUT2D eigenvalue weighted by Crippen LogP contribution is -2.11. The molecule has 1 aromatic carbocycles. The predicted octanol–water partition coefficient (Wildman–Crippen LogP) is 3.12. The zero-order valence-electron chi connectivity index (χ0n) is 11.7. The number of nitrogens with one attached hydrogen (secondary N) is 1. The number of hydrogen-bond donors (Lipinski definition) is 2. The molecule has 0 saturated heterocycles. The smallest absolute Gasteiger partial charge is 0.241 e. The molecule has 3 N–H and O–H groups in total. The largest absolute Gasteiger partial charge is 0.472 e. The van der Waals surface area contributed by atoms with E-state index in [1.807, 2.05) is 30.3 Å². The molecule has 0 aliphatic rings. The molecule has 0 atom stereocenters. The minimum atomic E-state index is 0.370. The Kier molecular flexibility index (Phi) is 3.98. The lowest BCUT2D eigenvalue weighted by molar-refractivity contribution is 0.298. The van der Waals surface area contributed by atoms with E-state index in [0.717, 1.165) is 22.2 Å². The van der Waals surface area contributed by atoms with Gasteiger partial charge in [0.25, 0.3) is 0 Å². The second kappa shape index (κ2) is 6.07. The summed E-state index contributed by atoms with van der Waals surface area (Å²) in [4.78, 5) is 10.8. The van der Waals surface area contributed by atoms with Crippen LogP contribution in [-0.2, 0) is 13.0 Å². The molecular formula is C15H16N4OS. The van der Waals surface area contributed by atoms with Gasteiger partial charge in [0.05, 0.1) is 5.39 Å². The van der Waals surface area contributed by atoms with Gasteiger partial charge in [-0.1, -0.05) is 37.3 Å². The topological polar surface area (TPSA) is 73.1 Å². The highest BCUT2D eigenvalue weighted by atomic mass is 32.1. The number of fused-ring (bicyclic) bond motifs is 1. The molecule has 6 heteroatoms. The van der Waals surface area contributed by atoms with E-state index in [2.05, 4.69) is 28.4 Å². The molecule has 0 radical (unpaired) electrons. The van der Waals surface area contributed by atoms with Crippen LogP contribution in [0.15, 0.2) is 36.4 Å². The number of rotatable bonds is 5. The van der Waals surface area contributed by atoms with Crippen molar-refractivity contribution in [2.24, 2.45) is 5.84 Å². The van der Waals surface area contributed by atoms with Gasteiger partial charge >= 0.3 is 0 Å². The fraction of sp³-hybridized carbons (Fsp3) is 0.200. The van der Waals surface area contributed by atoms with Crippen LogP contribution in [0.2, 0.25) is 0 Å². The van der Waals surface area contributed by atoms with Crippen LogP contribution in [0.25, 0.3) is 10.2 Å². The zero-order chi connectivity index (χ0) is 14.7. The Hall–Kier alpha value is -2.18. The Bertz CT molecular complexity index is 742. The summed E-state index contributed by atoms with van der Waals surface area (Å²) in [6.07, 6.45) is 0.963. The van der Waals surface area contributed by atoms with Gasteiger partial charge in [-0.2, -0.15) is 4.98 Å². The van der Waals surface area contributed by atoms with Crippen molar-refractivity contribution in [2.45, 2.75) is 20.0 Å². The van der Waals surface area contributed by atoms with Crippen molar-refractivity contribution in [3.63, 3.8) is 0 Å². The van der Waals surface area contributed by atoms with Crippen molar-refractivity contribution >= 4 is 27.5 Å². The van der Waals surface area contributed by atoms with E-state index in [0.29, 0.717) is 18.4 Å². The molecule has 0 unspecified atom stereocenters. The average Bonchev–Trinajstić information content (AvgIpc) is 2.96. The van der Waals surface area contributed by atoms with Crippen LogP contribution in [0.5, 0.6) is 5.88 Å². The van der Waals surface area contributed by atoms with Crippen LogP contribution < -0.4 is 16.0 Å². The minimum Gasteiger partial charge on any atom is -0.472 e. The van der Waals surface area contributed by atoms with Gasteiger partial charge < -0.3 is 4.74 Å². The van der Waals surface area contributed by atoms with E-state index >= 15 is 0 Å². The lowest BCUT2D eigenvalue weighted by Gasteiger charge is -2.07. The third kappa shape index (κ3) is 2.96. The van der Waals surface area contributed by atoms with Crippen molar-refractivity contribution in [1.29, 1.82) is 0 Å². The van der Waals surface area contributed by atoms with Crippen molar-refractivity contribution < 1.29 is 4.74 Å². The first-order valence-electron chi connectivity index (χ1n) is 6.74. The van der Waals surface area contributed by atoms with Crippen LogP contribution in [0.4, 0.5) is 5.95 Å². The Morgan fingerprint density at radius 1 is 1.24 bits per heavy atom. The summed E-state index contributed by atoms with van der Waals surface area (Å²) in [5.41, 5.74) is 3.58. The van der Waals surface area contributed by atoms with E-state index in [9.17, 15) is 0 Å². The molecule has 21 heavy (non-hydrogen) atoms. The van der Waals surface area contributed by atoms with Crippen LogP contribution in [-0.4, -0.2) is 9.97 Å². The molecule has 2 heterocycles. The second-order valence-electron chi connectivity index (χ2n) is 4.56. The zero-order valence-corrected chi connectivity index (χ0v) is 12.5. The molecule has 5 nitrogen and oxygen atoms in total. The first-order valence-corrected chi connectivity index (χ1v) is 7.55. The summed E-state index contributed by atoms with van der Waals surface area (Å²) in [6, 6.07) is 12.1. The standard InChI is InChI=1S/C15H16N4OS/c1-2-11-8-12-13(17-15(19-16)18-14(12)21-11)20-9-10-6-4-3-5-7-10/h3-8H,2,9,16H2,1H3,(H,17,18,19). The third-order valence-corrected chi connectivity index (χ3v) is 4.28. The number of anilines is 1. The number of hydrazine groups is 1. The number of nitrogens with zero attached hydrogens (tertiary/aromatic N) is 2. The van der Waals surface area contributed by atoms with Gasteiger partial charge in [0.2, 0.25) is 11.8 Å². The maximum Gasteiger partial charge on any atom is 0.241 e. The van der Waals surface area contributed by atoms with Crippen molar-refractivity contribution in [3.05, 3.63) is 46.8 Å². The van der Waals surface area contributed by atoms with Gasteiger partial charge in [0.15, 0.2) is 0 Å². The van der Waals surface area contributed by atoms with Gasteiger partial charge in [-0.15, -0.1) is 11.3 Å². The Labute approximate surface area is 126 Å². The van der Waals surface area contributed by atoms with Crippen LogP contribution in [0.3, 0.4) is 0 Å². The number of benzene rings is 1. The van der Waals surface area contributed by atoms with Crippen molar-refractivity contribution in [3.8, 4) is 5.88 Å². The summed E-state index contributed by atoms with van der Waals surface area (Å²) in [6.45, 7) is 2.58. The van der Waals surface area contributed by atoms with E-state index in [-0.39, 0.29) is 0 Å². The van der Waals surface area contributed by atoms with Crippen LogP contribution >= 0.6 is 11.3 Å². The molecule has 0 bridgehead atoms. The molecule has 0 saturated carbocycles. The van der Waals surface area contributed by atoms with Crippen molar-refractivity contribution in [2.75, 3.05) is 5.43 Å². The Balaban J connectivity index is 1.94. The second-order valence-corrected chi connectivity index (χ2v) is 5.67. The molecule has 0 fully saturated rings. The monoisotopic (exact) mass is 300 g/mol. The average molecular weight is 300 g/mol. The van der Waals surface area contributed by atoms with Crippen molar-refractivity contribution in [1.82, 2.24) is 9.97 Å². The van der Waals surface area contributed by atoms with E-state index in [4.69, 9.17) is 10.6 Å². The van der Waals surface area contributed by atoms with Gasteiger partial charge in [0.1, 0.15) is 11.4 Å². The number of nitrogens with two attached hydrogens (primary N) is 1. The number of hydrogen-bond acceptors (Lipinski definition) is 6. The van der Waals surface area contributed by atoms with Gasteiger partial charge in [0, 0.05) is 4.88 Å². The van der Waals surface area contributed by atoms with E-state index in [1.165, 1.54) is 4.88 Å². The van der Waals surface area contributed by atoms with E-state index in [1.54, 1.807) is 11.3 Å². The number of aromatic nitrogens is 2. The molecule has 108 valence electrons. The minimum absolute atomic E-state index is 0.370. The first kappa shape index (κ1) is 13.8. The fourth-order valence-corrected chi connectivity index (χ4v) is 2.98. The first-order chi connectivity index (χ1) is 10.3. The van der Waals surface area contributed by atoms with Gasteiger partial charge in [-0.05, 0) is 18.1 Å². The highest BCUT2D eigenvalue weighted by molar-refractivity contribution is 7.18. The maximum absolute atomic E-state index is 5.87. The molecule has 3 aromatic rings. The highest BCUT2D eigenvalue weighted by Crippen LogP contribution is 2.31. The third-order valence-electron chi connectivity index (χ3n) is 3.10. The van der Waals surface area contributed by atoms with Crippen LogP contribution in [0, 0.1) is 0 Å². The molecular weight excluding hydrogens is 284 g/mol. The fourth-order valence-electron chi connectivity index (χ4n) is 2.02. The molecule has 3 rings (SSSR count). The summed E-state index contributed by atoms with van der Waals surface area (Å²) in [7, 11) is 0. The maximum atomic E-state index is 5.87. The van der Waals surface area contributed by atoms with Gasteiger partial charge in [-0.25, -0.2) is 10.8 Å². The normalized spacial score (nSPS) is 10.8. The number of ether oxygens (including phenoxy) is 1. The number of thiophene rings is 1. The Morgan fingerprint density at radius 2 is 2.05 bits per heavy atom. The molecule has 0 spiro atoms. The Morgan fingerprint density at radius 3 is 2.76 bits per heavy atom. The number of nitrogen functional groups attached to an aromatic ring is 1. The quantitative estimate of drug-likeness (QED) is 0.559. The number of aryl methyl sites for hydroxylation is 1. The molecule has 2 aromatic heterocycles. The highest BCUT2D eigenvalue weighted by Gasteiger charge is 2.12. The molecule has 0 amide bonds. The van der Waals surface area contributed by atoms with Gasteiger partial charge in [-0.3, -0.25) is 5.43 Å². The van der Waals surface area contributed by atoms with Crippen LogP contribution in [0.1, 0.15) is 17.4 Å². The predicted molar refractivity (Wildman–Crippen MR) is 85.4 cm³/mol. The van der Waals surface area contributed by atoms with E-state index < -0.39 is 0 Å². The SMILES string of the molecule is CCc1cc2c(OCc3ccccc3)nc(NN)nc2s1. The summed E-state index contributed by atoms with van der Waals surface area (Å²) < 4.78 is 5.87. The molecule has 0 aliphatic heterocycles. The summed E-state index contributed by atoms with van der Waals surface area (Å²) in [5, 5.41) is 0.937. The molecule has 0 aliphatic carbocycles. The summed E-state index contributed by atoms with van der Waals surface area (Å²) in [5.74, 6) is 6.36. The lowest BCUT2D eigenvalue weighted by atomic mass is 10.2. The summed E-state index contributed by atoms with van der Waals surface area (Å²) >= 11 is 1.64.